The van der Waals surface area contributed by atoms with Crippen LogP contribution in [0.5, 0.6) is 23.0 Å². The van der Waals surface area contributed by atoms with Crippen LogP contribution in [0.4, 0.5) is 0 Å². The Morgan fingerprint density at radius 2 is 1.66 bits per heavy atom. The highest BCUT2D eigenvalue weighted by Gasteiger charge is 2.27. The van der Waals surface area contributed by atoms with Crippen molar-refractivity contribution in [3.8, 4) is 34.3 Å². The third-order valence-electron chi connectivity index (χ3n) is 7.26. The fraction of sp³-hybridized carbons (Fsp3) is 0.464. The molecule has 1 aromatic heterocycles. The normalized spacial score (nSPS) is 16.0. The van der Waals surface area contributed by atoms with Gasteiger partial charge in [0.1, 0.15) is 0 Å². The van der Waals surface area contributed by atoms with Gasteiger partial charge in [-0.25, -0.2) is 0 Å². The summed E-state index contributed by atoms with van der Waals surface area (Å²) in [6.45, 7) is 7.22. The van der Waals surface area contributed by atoms with Crippen LogP contribution in [0.1, 0.15) is 12.0 Å². The Balaban J connectivity index is 1.37. The molecule has 3 heterocycles. The van der Waals surface area contributed by atoms with Crippen LogP contribution in [0, 0.1) is 0 Å². The van der Waals surface area contributed by atoms with Crippen molar-refractivity contribution >= 4 is 10.8 Å². The van der Waals surface area contributed by atoms with Crippen molar-refractivity contribution < 1.29 is 23.5 Å². The average molecular weight is 479 g/mol. The van der Waals surface area contributed by atoms with Gasteiger partial charge in [-0.1, -0.05) is 0 Å². The summed E-state index contributed by atoms with van der Waals surface area (Å²) in [7, 11) is 7.28. The maximum Gasteiger partial charge on any atom is 0.213 e. The van der Waals surface area contributed by atoms with Crippen LogP contribution in [-0.4, -0.2) is 77.5 Å². The molecule has 0 aliphatic carbocycles. The number of hydrogen-bond donors (Lipinski definition) is 0. The number of methoxy groups -OCH3 is 3. The fourth-order valence-electron chi connectivity index (χ4n) is 5.20. The molecule has 3 aromatic rings. The highest BCUT2D eigenvalue weighted by Crippen LogP contribution is 2.40. The molecule has 0 N–H and O–H groups in total. The molecule has 1 saturated heterocycles. The summed E-state index contributed by atoms with van der Waals surface area (Å²) in [5.74, 6) is 3.13. The van der Waals surface area contributed by atoms with Crippen LogP contribution < -0.4 is 23.5 Å². The zero-order valence-corrected chi connectivity index (χ0v) is 21.3. The van der Waals surface area contributed by atoms with E-state index in [-0.39, 0.29) is 0 Å². The number of hydrogen-bond acceptors (Lipinski definition) is 6. The predicted molar refractivity (Wildman–Crippen MR) is 137 cm³/mol. The first-order valence-corrected chi connectivity index (χ1v) is 12.4. The smallest absolute Gasteiger partial charge is 0.213 e. The lowest BCUT2D eigenvalue weighted by molar-refractivity contribution is -0.686. The molecular formula is C28H36N3O4+. The number of nitrogens with zero attached hydrogens (tertiary/aromatic N) is 3. The van der Waals surface area contributed by atoms with E-state index in [0.29, 0.717) is 6.61 Å². The van der Waals surface area contributed by atoms with E-state index in [0.717, 1.165) is 85.9 Å². The summed E-state index contributed by atoms with van der Waals surface area (Å²) < 4.78 is 25.4. The third-order valence-corrected chi connectivity index (χ3v) is 7.26. The van der Waals surface area contributed by atoms with Gasteiger partial charge >= 0.3 is 0 Å². The number of rotatable bonds is 8. The van der Waals surface area contributed by atoms with E-state index in [4.69, 9.17) is 18.9 Å². The Morgan fingerprint density at radius 1 is 0.886 bits per heavy atom. The molecule has 7 nitrogen and oxygen atoms in total. The fourth-order valence-corrected chi connectivity index (χ4v) is 5.20. The molecule has 2 aromatic carbocycles. The Bertz CT molecular complexity index is 1200. The topological polar surface area (TPSA) is 47.3 Å². The van der Waals surface area contributed by atoms with Crippen molar-refractivity contribution in [2.45, 2.75) is 19.4 Å². The van der Waals surface area contributed by atoms with Crippen molar-refractivity contribution in [3.63, 3.8) is 0 Å². The van der Waals surface area contributed by atoms with Crippen LogP contribution in [0.25, 0.3) is 22.0 Å². The molecule has 2 aliphatic rings. The lowest BCUT2D eigenvalue weighted by atomic mass is 9.95. The first-order valence-electron chi connectivity index (χ1n) is 12.4. The van der Waals surface area contributed by atoms with Gasteiger partial charge in [0.15, 0.2) is 35.7 Å². The minimum atomic E-state index is 0.682. The van der Waals surface area contributed by atoms with E-state index in [1.54, 1.807) is 21.3 Å². The van der Waals surface area contributed by atoms with E-state index < -0.39 is 0 Å². The van der Waals surface area contributed by atoms with Gasteiger partial charge in [-0.3, -0.25) is 0 Å². The van der Waals surface area contributed by atoms with E-state index >= 15 is 0 Å². The lowest BCUT2D eigenvalue weighted by Gasteiger charge is -2.32. The maximum atomic E-state index is 6.20. The number of aromatic nitrogens is 1. The van der Waals surface area contributed by atoms with Crippen LogP contribution >= 0.6 is 0 Å². The molecule has 7 heteroatoms. The first-order chi connectivity index (χ1) is 17.1. The number of pyridine rings is 1. The molecule has 0 radical (unpaired) electrons. The van der Waals surface area contributed by atoms with E-state index in [9.17, 15) is 0 Å². The van der Waals surface area contributed by atoms with Gasteiger partial charge in [0.05, 0.1) is 38.9 Å². The summed E-state index contributed by atoms with van der Waals surface area (Å²) in [5.41, 5.74) is 3.62. The van der Waals surface area contributed by atoms with Crippen LogP contribution in [0.15, 0.2) is 36.5 Å². The Labute approximate surface area is 207 Å². The maximum absolute atomic E-state index is 6.20. The molecule has 0 saturated carbocycles. The zero-order valence-electron chi connectivity index (χ0n) is 21.3. The second-order valence-corrected chi connectivity index (χ2v) is 9.41. The second kappa shape index (κ2) is 10.3. The Hall–Kier alpha value is -3.03. The minimum Gasteiger partial charge on any atom is -0.493 e. The number of likely N-dealkylation sites (N-methyl/N-ethyl adjacent to an activating group) is 1. The minimum absolute atomic E-state index is 0.682. The molecule has 0 amide bonds. The predicted octanol–water partition coefficient (Wildman–Crippen LogP) is 3.39. The summed E-state index contributed by atoms with van der Waals surface area (Å²) in [5, 5.41) is 2.19. The average Bonchev–Trinajstić information content (AvgIpc) is 2.89. The summed E-state index contributed by atoms with van der Waals surface area (Å²) in [6, 6.07) is 10.6. The quantitative estimate of drug-likeness (QED) is 0.365. The SMILES string of the molecule is COc1cc2c(cc1OC)-c1cc3ccc(OCCCN4CCN(C)CC4)c(OC)c3c[n+]1CC2. The van der Waals surface area contributed by atoms with Crippen LogP contribution in [0.3, 0.4) is 0 Å². The van der Waals surface area contributed by atoms with E-state index in [1.165, 1.54) is 16.8 Å². The molecule has 35 heavy (non-hydrogen) atoms. The largest absolute Gasteiger partial charge is 0.493 e. The first kappa shape index (κ1) is 23.7. The van der Waals surface area contributed by atoms with E-state index in [2.05, 4.69) is 51.9 Å². The summed E-state index contributed by atoms with van der Waals surface area (Å²) >= 11 is 0. The highest BCUT2D eigenvalue weighted by molar-refractivity contribution is 5.91. The number of piperazine rings is 1. The van der Waals surface area contributed by atoms with E-state index in [1.807, 2.05) is 6.07 Å². The van der Waals surface area contributed by atoms with Crippen LogP contribution in [0.2, 0.25) is 0 Å². The molecule has 0 atom stereocenters. The van der Waals surface area contributed by atoms with Gasteiger partial charge in [-0.15, -0.1) is 0 Å². The molecule has 0 unspecified atom stereocenters. The molecule has 2 aliphatic heterocycles. The zero-order chi connectivity index (χ0) is 24.4. The lowest BCUT2D eigenvalue weighted by Crippen LogP contribution is -2.44. The number of ether oxygens (including phenoxy) is 4. The van der Waals surface area contributed by atoms with Crippen molar-refractivity contribution in [2.75, 3.05) is 67.7 Å². The molecule has 0 spiro atoms. The van der Waals surface area contributed by atoms with Gasteiger partial charge in [-0.05, 0) is 48.7 Å². The van der Waals surface area contributed by atoms with Crippen molar-refractivity contribution in [3.05, 3.63) is 42.1 Å². The van der Waals surface area contributed by atoms with Crippen LogP contribution in [-0.2, 0) is 13.0 Å². The standard InChI is InChI=1S/C28H36N3O4/c1-29-11-13-30(14-12-29)9-5-15-35-25-7-6-20-16-24-22-18-27(33-3)26(32-2)17-21(22)8-10-31(24)19-23(20)28(25)34-4/h6-7,16-19H,5,8-15H2,1-4H3/q+1. The van der Waals surface area contributed by atoms with Gasteiger partial charge in [0.25, 0.3) is 0 Å². The van der Waals surface area contributed by atoms with Crippen molar-refractivity contribution in [2.24, 2.45) is 0 Å². The molecular weight excluding hydrogens is 442 g/mol. The number of aryl methyl sites for hydroxylation is 2. The van der Waals surface area contributed by atoms with Gasteiger partial charge in [-0.2, -0.15) is 4.57 Å². The monoisotopic (exact) mass is 478 g/mol. The summed E-state index contributed by atoms with van der Waals surface area (Å²) in [6.07, 6.45) is 4.13. The Morgan fingerprint density at radius 3 is 2.40 bits per heavy atom. The number of fused-ring (bicyclic) bond motifs is 4. The van der Waals surface area contributed by atoms with Gasteiger partial charge in [0.2, 0.25) is 5.69 Å². The van der Waals surface area contributed by atoms with Crippen molar-refractivity contribution in [1.29, 1.82) is 0 Å². The van der Waals surface area contributed by atoms with Gasteiger partial charge in [0, 0.05) is 45.2 Å². The molecule has 186 valence electrons. The molecule has 5 rings (SSSR count). The Kier molecular flexibility index (Phi) is 6.97. The molecule has 0 bridgehead atoms. The second-order valence-electron chi connectivity index (χ2n) is 9.41. The third kappa shape index (κ3) is 4.75. The number of benzene rings is 2. The van der Waals surface area contributed by atoms with Crippen molar-refractivity contribution in [1.82, 2.24) is 9.80 Å². The summed E-state index contributed by atoms with van der Waals surface area (Å²) in [4.78, 5) is 4.90. The van der Waals surface area contributed by atoms with Gasteiger partial charge < -0.3 is 28.7 Å². The highest BCUT2D eigenvalue weighted by atomic mass is 16.5. The molecule has 1 fully saturated rings.